The van der Waals surface area contributed by atoms with Crippen LogP contribution in [-0.2, 0) is 13.6 Å². The van der Waals surface area contributed by atoms with E-state index in [9.17, 15) is 0 Å². The molecule has 0 fully saturated rings. The molecule has 80 valence electrons. The maximum atomic E-state index is 3.44. The largest absolute Gasteiger partial charge is 0.353 e. The van der Waals surface area contributed by atoms with Gasteiger partial charge in [-0.1, -0.05) is 0 Å². The van der Waals surface area contributed by atoms with E-state index in [1.807, 2.05) is 0 Å². The number of aryl methyl sites for hydroxylation is 1. The molecule has 1 heterocycles. The molecule has 0 saturated heterocycles. The van der Waals surface area contributed by atoms with E-state index in [0.29, 0.717) is 0 Å². The van der Waals surface area contributed by atoms with Crippen molar-refractivity contribution in [1.29, 1.82) is 0 Å². The van der Waals surface area contributed by atoms with E-state index >= 15 is 0 Å². The first-order chi connectivity index (χ1) is 6.70. The predicted octanol–water partition coefficient (Wildman–Crippen LogP) is 1.07. The lowest BCUT2D eigenvalue weighted by atomic mass is 10.3. The Morgan fingerprint density at radius 2 is 2.21 bits per heavy atom. The lowest BCUT2D eigenvalue weighted by Crippen LogP contribution is -2.21. The summed E-state index contributed by atoms with van der Waals surface area (Å²) in [5.41, 5.74) is 1.34. The van der Waals surface area contributed by atoms with Crippen LogP contribution >= 0.6 is 0 Å². The summed E-state index contributed by atoms with van der Waals surface area (Å²) in [6.07, 6.45) is 3.29. The quantitative estimate of drug-likeness (QED) is 0.685. The van der Waals surface area contributed by atoms with Crippen LogP contribution in [0.3, 0.4) is 0 Å². The summed E-state index contributed by atoms with van der Waals surface area (Å²) in [6.45, 7) is 3.21. The lowest BCUT2D eigenvalue weighted by Gasteiger charge is -2.10. The third-order valence-electron chi connectivity index (χ3n) is 2.32. The van der Waals surface area contributed by atoms with Gasteiger partial charge in [0.05, 0.1) is 0 Å². The minimum atomic E-state index is 0.969. The smallest absolute Gasteiger partial charge is 0.0359 e. The molecule has 0 saturated carbocycles. The minimum Gasteiger partial charge on any atom is -0.353 e. The van der Waals surface area contributed by atoms with Crippen LogP contribution in [0.4, 0.5) is 0 Å². The van der Waals surface area contributed by atoms with Gasteiger partial charge in [-0.2, -0.15) is 0 Å². The standard InChI is InChI=1S/C11H21N3/c1-13(2)8-5-7-12-10-11-6-4-9-14(11)3/h4,6,9,12H,5,7-8,10H2,1-3H3. The Labute approximate surface area is 86.7 Å². The van der Waals surface area contributed by atoms with Crippen molar-refractivity contribution in [2.24, 2.45) is 7.05 Å². The molecule has 0 aromatic carbocycles. The molecule has 3 nitrogen and oxygen atoms in total. The number of rotatable bonds is 6. The number of nitrogens with one attached hydrogen (secondary N) is 1. The summed E-state index contributed by atoms with van der Waals surface area (Å²) in [6, 6.07) is 4.23. The van der Waals surface area contributed by atoms with E-state index in [2.05, 4.69) is 54.3 Å². The lowest BCUT2D eigenvalue weighted by molar-refractivity contribution is 0.394. The Hall–Kier alpha value is -0.800. The van der Waals surface area contributed by atoms with Gasteiger partial charge in [0, 0.05) is 25.5 Å². The average molecular weight is 195 g/mol. The highest BCUT2D eigenvalue weighted by Gasteiger charge is 1.95. The van der Waals surface area contributed by atoms with E-state index < -0.39 is 0 Å². The van der Waals surface area contributed by atoms with Crippen molar-refractivity contribution in [2.75, 3.05) is 27.2 Å². The third kappa shape index (κ3) is 3.94. The number of hydrogen-bond donors (Lipinski definition) is 1. The van der Waals surface area contributed by atoms with Crippen LogP contribution in [0.2, 0.25) is 0 Å². The molecule has 0 unspecified atom stereocenters. The highest BCUT2D eigenvalue weighted by atomic mass is 15.1. The maximum Gasteiger partial charge on any atom is 0.0359 e. The molecule has 0 aliphatic heterocycles. The van der Waals surface area contributed by atoms with Crippen LogP contribution in [-0.4, -0.2) is 36.7 Å². The SMILES string of the molecule is CN(C)CCCNCc1cccn1C. The Balaban J connectivity index is 2.08. The number of hydrogen-bond acceptors (Lipinski definition) is 2. The van der Waals surface area contributed by atoms with Gasteiger partial charge in [0.1, 0.15) is 0 Å². The van der Waals surface area contributed by atoms with E-state index in [1.165, 1.54) is 12.1 Å². The first-order valence-electron chi connectivity index (χ1n) is 5.16. The van der Waals surface area contributed by atoms with Gasteiger partial charge in [-0.3, -0.25) is 0 Å². The summed E-state index contributed by atoms with van der Waals surface area (Å²) < 4.78 is 2.15. The molecule has 0 bridgehead atoms. The molecular weight excluding hydrogens is 174 g/mol. The molecule has 0 atom stereocenters. The van der Waals surface area contributed by atoms with E-state index in [1.54, 1.807) is 0 Å². The second-order valence-electron chi connectivity index (χ2n) is 3.94. The fourth-order valence-electron chi connectivity index (χ4n) is 1.42. The van der Waals surface area contributed by atoms with Crippen LogP contribution in [0.15, 0.2) is 18.3 Å². The molecule has 0 amide bonds. The third-order valence-corrected chi connectivity index (χ3v) is 2.32. The van der Waals surface area contributed by atoms with Gasteiger partial charge in [0.2, 0.25) is 0 Å². The van der Waals surface area contributed by atoms with Crippen molar-refractivity contribution >= 4 is 0 Å². The van der Waals surface area contributed by atoms with Gasteiger partial charge in [-0.05, 0) is 45.7 Å². The predicted molar refractivity (Wildman–Crippen MR) is 60.3 cm³/mol. The molecule has 3 heteroatoms. The molecule has 1 aromatic heterocycles. The molecule has 1 aromatic rings. The fourth-order valence-corrected chi connectivity index (χ4v) is 1.42. The normalized spacial score (nSPS) is 11.1. The van der Waals surface area contributed by atoms with Crippen LogP contribution in [0, 0.1) is 0 Å². The number of aromatic nitrogens is 1. The zero-order valence-corrected chi connectivity index (χ0v) is 9.45. The van der Waals surface area contributed by atoms with E-state index in [0.717, 1.165) is 19.6 Å². The van der Waals surface area contributed by atoms with Gasteiger partial charge in [0.15, 0.2) is 0 Å². The molecule has 0 radical (unpaired) electrons. The molecular formula is C11H21N3. The minimum absolute atomic E-state index is 0.969. The average Bonchev–Trinajstić information content (AvgIpc) is 2.51. The zero-order chi connectivity index (χ0) is 10.4. The Bertz CT molecular complexity index is 253. The molecule has 0 aliphatic carbocycles. The van der Waals surface area contributed by atoms with Crippen molar-refractivity contribution in [2.45, 2.75) is 13.0 Å². The van der Waals surface area contributed by atoms with Crippen molar-refractivity contribution in [3.05, 3.63) is 24.0 Å². The Kier molecular flexibility index (Phi) is 4.70. The van der Waals surface area contributed by atoms with Crippen molar-refractivity contribution in [3.8, 4) is 0 Å². The summed E-state index contributed by atoms with van der Waals surface area (Å²) in [4.78, 5) is 2.21. The molecule has 0 aliphatic rings. The topological polar surface area (TPSA) is 20.2 Å². The molecule has 14 heavy (non-hydrogen) atoms. The van der Waals surface area contributed by atoms with E-state index in [-0.39, 0.29) is 0 Å². The molecule has 0 spiro atoms. The van der Waals surface area contributed by atoms with Gasteiger partial charge < -0.3 is 14.8 Å². The summed E-state index contributed by atoms with van der Waals surface area (Å²) in [7, 11) is 6.30. The fraction of sp³-hybridized carbons (Fsp3) is 0.636. The van der Waals surface area contributed by atoms with Gasteiger partial charge in [-0.25, -0.2) is 0 Å². The van der Waals surface area contributed by atoms with Crippen LogP contribution < -0.4 is 5.32 Å². The Morgan fingerprint density at radius 1 is 1.43 bits per heavy atom. The Morgan fingerprint density at radius 3 is 2.79 bits per heavy atom. The van der Waals surface area contributed by atoms with E-state index in [4.69, 9.17) is 0 Å². The maximum absolute atomic E-state index is 3.44. The molecule has 1 rings (SSSR count). The van der Waals surface area contributed by atoms with Gasteiger partial charge >= 0.3 is 0 Å². The van der Waals surface area contributed by atoms with Gasteiger partial charge in [0.25, 0.3) is 0 Å². The summed E-state index contributed by atoms with van der Waals surface area (Å²) >= 11 is 0. The van der Waals surface area contributed by atoms with Gasteiger partial charge in [-0.15, -0.1) is 0 Å². The monoisotopic (exact) mass is 195 g/mol. The number of nitrogens with zero attached hydrogens (tertiary/aromatic N) is 2. The highest BCUT2D eigenvalue weighted by Crippen LogP contribution is 1.98. The van der Waals surface area contributed by atoms with Crippen molar-refractivity contribution < 1.29 is 0 Å². The summed E-state index contributed by atoms with van der Waals surface area (Å²) in [5, 5.41) is 3.44. The highest BCUT2D eigenvalue weighted by molar-refractivity contribution is 5.05. The first-order valence-corrected chi connectivity index (χ1v) is 5.16. The second kappa shape index (κ2) is 5.83. The molecule has 1 N–H and O–H groups in total. The second-order valence-corrected chi connectivity index (χ2v) is 3.94. The van der Waals surface area contributed by atoms with Crippen molar-refractivity contribution in [1.82, 2.24) is 14.8 Å². The van der Waals surface area contributed by atoms with Crippen LogP contribution in [0.5, 0.6) is 0 Å². The van der Waals surface area contributed by atoms with Crippen molar-refractivity contribution in [3.63, 3.8) is 0 Å². The first kappa shape index (κ1) is 11.3. The summed E-state index contributed by atoms with van der Waals surface area (Å²) in [5.74, 6) is 0. The van der Waals surface area contributed by atoms with Crippen LogP contribution in [0.1, 0.15) is 12.1 Å². The van der Waals surface area contributed by atoms with Crippen LogP contribution in [0.25, 0.3) is 0 Å². The zero-order valence-electron chi connectivity index (χ0n) is 9.45.